The van der Waals surface area contributed by atoms with Gasteiger partial charge < -0.3 is 4.42 Å². The monoisotopic (exact) mass is 303 g/mol. The first-order chi connectivity index (χ1) is 8.65. The van der Waals surface area contributed by atoms with Crippen LogP contribution in [-0.4, -0.2) is 5.78 Å². The second-order valence-electron chi connectivity index (χ2n) is 3.89. The summed E-state index contributed by atoms with van der Waals surface area (Å²) in [7, 11) is 0. The van der Waals surface area contributed by atoms with Gasteiger partial charge in [0.25, 0.3) is 0 Å². The average Bonchev–Trinajstić information content (AvgIpc) is 2.78. The summed E-state index contributed by atoms with van der Waals surface area (Å²) >= 11 is 3.16. The summed E-state index contributed by atoms with van der Waals surface area (Å²) in [6, 6.07) is 11.0. The van der Waals surface area contributed by atoms with Crippen molar-refractivity contribution in [3.05, 3.63) is 58.0 Å². The van der Waals surface area contributed by atoms with Gasteiger partial charge in [0.15, 0.2) is 10.5 Å². The zero-order chi connectivity index (χ0) is 13.1. The highest BCUT2D eigenvalue weighted by molar-refractivity contribution is 9.10. The Morgan fingerprint density at radius 1 is 1.39 bits per heavy atom. The summed E-state index contributed by atoms with van der Waals surface area (Å²) in [5, 5.41) is 9.25. The van der Waals surface area contributed by atoms with Crippen LogP contribution >= 0.6 is 15.9 Å². The van der Waals surface area contributed by atoms with E-state index in [0.29, 0.717) is 10.2 Å². The first-order valence-corrected chi connectivity index (χ1v) is 6.16. The van der Waals surface area contributed by atoms with Crippen LogP contribution in [0.1, 0.15) is 27.4 Å². The van der Waals surface area contributed by atoms with Crippen LogP contribution in [0.2, 0.25) is 0 Å². The first-order valence-electron chi connectivity index (χ1n) is 5.37. The lowest BCUT2D eigenvalue weighted by atomic mass is 9.90. The van der Waals surface area contributed by atoms with Gasteiger partial charge >= 0.3 is 0 Å². The maximum Gasteiger partial charge on any atom is 0.188 e. The van der Waals surface area contributed by atoms with E-state index in [1.54, 1.807) is 12.1 Å². The Morgan fingerprint density at radius 2 is 2.11 bits per heavy atom. The molecule has 1 aromatic heterocycles. The largest absolute Gasteiger partial charge is 0.457 e. The number of hydrogen-bond donors (Lipinski definition) is 0. The van der Waals surface area contributed by atoms with Gasteiger partial charge in [-0.3, -0.25) is 4.79 Å². The third-order valence-corrected chi connectivity index (χ3v) is 3.39. The van der Waals surface area contributed by atoms with Crippen LogP contribution in [0.15, 0.2) is 45.7 Å². The molecule has 4 heteroatoms. The van der Waals surface area contributed by atoms with E-state index in [2.05, 4.69) is 22.0 Å². The van der Waals surface area contributed by atoms with Gasteiger partial charge in [0.2, 0.25) is 0 Å². The van der Waals surface area contributed by atoms with Crippen LogP contribution < -0.4 is 0 Å². The van der Waals surface area contributed by atoms with Gasteiger partial charge in [0.1, 0.15) is 5.92 Å². The van der Waals surface area contributed by atoms with E-state index < -0.39 is 5.92 Å². The molecule has 1 unspecified atom stereocenters. The maximum atomic E-state index is 12.3. The number of halogens is 1. The topological polar surface area (TPSA) is 54.0 Å². The van der Waals surface area contributed by atoms with Gasteiger partial charge in [-0.25, -0.2) is 0 Å². The smallest absolute Gasteiger partial charge is 0.188 e. The number of benzene rings is 1. The Bertz CT molecular complexity index is 625. The summed E-state index contributed by atoms with van der Waals surface area (Å²) in [6.45, 7) is 1.89. The van der Waals surface area contributed by atoms with Crippen molar-refractivity contribution >= 4 is 21.7 Å². The molecule has 0 aliphatic carbocycles. The Morgan fingerprint density at radius 3 is 2.67 bits per heavy atom. The molecular formula is C14H10BrNO2. The number of nitriles is 1. The van der Waals surface area contributed by atoms with Gasteiger partial charge in [-0.05, 0) is 40.0 Å². The number of aryl methyl sites for hydroxylation is 1. The van der Waals surface area contributed by atoms with Gasteiger partial charge in [0.05, 0.1) is 17.9 Å². The van der Waals surface area contributed by atoms with Crippen LogP contribution in [0.3, 0.4) is 0 Å². The Balaban J connectivity index is 2.43. The zero-order valence-electron chi connectivity index (χ0n) is 9.68. The molecule has 0 saturated carbocycles. The number of rotatable bonds is 3. The van der Waals surface area contributed by atoms with E-state index in [9.17, 15) is 10.1 Å². The summed E-state index contributed by atoms with van der Waals surface area (Å²) < 4.78 is 5.40. The van der Waals surface area contributed by atoms with Gasteiger partial charge in [-0.15, -0.1) is 0 Å². The lowest BCUT2D eigenvalue weighted by molar-refractivity contribution is 0.0977. The fourth-order valence-electron chi connectivity index (χ4n) is 1.81. The van der Waals surface area contributed by atoms with Crippen LogP contribution in [-0.2, 0) is 0 Å². The fraction of sp³-hybridized carbons (Fsp3) is 0.143. The molecule has 0 bridgehead atoms. The van der Waals surface area contributed by atoms with E-state index in [1.165, 1.54) is 6.26 Å². The van der Waals surface area contributed by atoms with E-state index in [-0.39, 0.29) is 5.78 Å². The molecule has 2 aromatic rings. The van der Waals surface area contributed by atoms with Crippen LogP contribution in [0.5, 0.6) is 0 Å². The molecule has 0 N–H and O–H groups in total. The molecule has 0 amide bonds. The van der Waals surface area contributed by atoms with Crippen molar-refractivity contribution in [3.8, 4) is 6.07 Å². The molecule has 1 atom stereocenters. The molecule has 1 aromatic carbocycles. The summed E-state index contributed by atoms with van der Waals surface area (Å²) in [5.74, 6) is -1.06. The second kappa shape index (κ2) is 5.19. The minimum atomic E-state index is -0.805. The number of Topliss-reactive ketones (excluding diaryl/α,β-unsaturated/α-hetero) is 1. The minimum absolute atomic E-state index is 0.257. The van der Waals surface area contributed by atoms with Crippen molar-refractivity contribution in [1.29, 1.82) is 5.26 Å². The molecule has 3 nitrogen and oxygen atoms in total. The number of carbonyl (C=O) groups is 1. The molecule has 2 rings (SSSR count). The molecular weight excluding hydrogens is 294 g/mol. The SMILES string of the molecule is Cc1ccccc1C(C#N)C(=O)c1ccoc1Br. The minimum Gasteiger partial charge on any atom is -0.457 e. The summed E-state index contributed by atoms with van der Waals surface area (Å²) in [6.07, 6.45) is 1.42. The molecule has 0 radical (unpaired) electrons. The lowest BCUT2D eigenvalue weighted by Gasteiger charge is -2.10. The molecule has 1 heterocycles. The standard InChI is InChI=1S/C14H10BrNO2/c1-9-4-2-3-5-10(9)12(8-16)13(17)11-6-7-18-14(11)15/h2-7,12H,1H3. The number of hydrogen-bond acceptors (Lipinski definition) is 3. The number of ketones is 1. The third kappa shape index (κ3) is 2.22. The van der Waals surface area contributed by atoms with Crippen molar-refractivity contribution in [2.75, 3.05) is 0 Å². The summed E-state index contributed by atoms with van der Waals surface area (Å²) in [4.78, 5) is 12.3. The highest BCUT2D eigenvalue weighted by atomic mass is 79.9. The molecule has 0 saturated heterocycles. The molecule has 0 spiro atoms. The Kier molecular flexibility index (Phi) is 3.63. The number of carbonyl (C=O) groups excluding carboxylic acids is 1. The second-order valence-corrected chi connectivity index (χ2v) is 4.61. The highest BCUT2D eigenvalue weighted by Crippen LogP contribution is 2.27. The van der Waals surface area contributed by atoms with Crippen LogP contribution in [0.25, 0.3) is 0 Å². The quantitative estimate of drug-likeness (QED) is 0.810. The van der Waals surface area contributed by atoms with Crippen molar-refractivity contribution < 1.29 is 9.21 Å². The van der Waals surface area contributed by atoms with Gasteiger partial charge in [-0.1, -0.05) is 24.3 Å². The fourth-order valence-corrected chi connectivity index (χ4v) is 2.24. The van der Waals surface area contributed by atoms with Crippen LogP contribution in [0, 0.1) is 18.3 Å². The highest BCUT2D eigenvalue weighted by Gasteiger charge is 2.25. The number of nitrogens with zero attached hydrogens (tertiary/aromatic N) is 1. The maximum absolute atomic E-state index is 12.3. The van der Waals surface area contributed by atoms with Gasteiger partial charge in [0, 0.05) is 0 Å². The van der Waals surface area contributed by atoms with E-state index in [1.807, 2.05) is 25.1 Å². The number of furan rings is 1. The molecule has 0 aliphatic rings. The van der Waals surface area contributed by atoms with Crippen molar-refractivity contribution in [1.82, 2.24) is 0 Å². The zero-order valence-corrected chi connectivity index (χ0v) is 11.3. The van der Waals surface area contributed by atoms with Gasteiger partial charge in [-0.2, -0.15) is 5.26 Å². The van der Waals surface area contributed by atoms with Crippen LogP contribution in [0.4, 0.5) is 0 Å². The molecule has 90 valence electrons. The summed E-state index contributed by atoms with van der Waals surface area (Å²) in [5.41, 5.74) is 2.06. The normalized spacial score (nSPS) is 11.8. The average molecular weight is 304 g/mol. The Hall–Kier alpha value is -1.86. The lowest BCUT2D eigenvalue weighted by Crippen LogP contribution is -2.12. The predicted molar refractivity (Wildman–Crippen MR) is 70.3 cm³/mol. The predicted octanol–water partition coefficient (Wildman–Crippen LogP) is 3.84. The molecule has 18 heavy (non-hydrogen) atoms. The van der Waals surface area contributed by atoms with E-state index in [4.69, 9.17) is 4.42 Å². The molecule has 0 fully saturated rings. The first kappa shape index (κ1) is 12.6. The van der Waals surface area contributed by atoms with E-state index >= 15 is 0 Å². The van der Waals surface area contributed by atoms with Crippen molar-refractivity contribution in [2.24, 2.45) is 0 Å². The molecule has 0 aliphatic heterocycles. The third-order valence-electron chi connectivity index (χ3n) is 2.77. The van der Waals surface area contributed by atoms with Crippen molar-refractivity contribution in [2.45, 2.75) is 12.8 Å². The van der Waals surface area contributed by atoms with E-state index in [0.717, 1.165) is 11.1 Å². The van der Waals surface area contributed by atoms with Crippen molar-refractivity contribution in [3.63, 3.8) is 0 Å². The Labute approximate surface area is 113 Å².